The predicted octanol–water partition coefficient (Wildman–Crippen LogP) is 3.83. The van der Waals surface area contributed by atoms with E-state index in [0.29, 0.717) is 56.1 Å². The smallest absolute Gasteiger partial charge is 0.399 e. The molecule has 0 spiro atoms. The minimum absolute atomic E-state index is 0.0155. The van der Waals surface area contributed by atoms with Crippen molar-refractivity contribution in [3.05, 3.63) is 45.9 Å². The average molecular weight is 470 g/mol. The second-order valence-electron chi connectivity index (χ2n) is 8.09. The van der Waals surface area contributed by atoms with Gasteiger partial charge in [-0.2, -0.15) is 13.2 Å². The van der Waals surface area contributed by atoms with Crippen LogP contribution in [-0.2, 0) is 28.7 Å². The summed E-state index contributed by atoms with van der Waals surface area (Å²) < 4.78 is 44.9. The summed E-state index contributed by atoms with van der Waals surface area (Å²) in [7, 11) is 0. The first kappa shape index (κ1) is 22.6. The maximum atomic E-state index is 13.2. The lowest BCUT2D eigenvalue weighted by molar-refractivity contribution is -0.138. The van der Waals surface area contributed by atoms with Crippen LogP contribution in [0.1, 0.15) is 41.8 Å². The van der Waals surface area contributed by atoms with Crippen molar-refractivity contribution < 1.29 is 22.7 Å². The molecular formula is C21H23ClF3N5O2. The van der Waals surface area contributed by atoms with E-state index in [1.54, 1.807) is 11.8 Å². The molecule has 3 heterocycles. The number of anilines is 2. The Hall–Kier alpha value is -2.59. The van der Waals surface area contributed by atoms with Crippen LogP contribution in [0.3, 0.4) is 0 Å². The highest BCUT2D eigenvalue weighted by Crippen LogP contribution is 2.34. The average Bonchev–Trinajstić information content (AvgIpc) is 3.26. The van der Waals surface area contributed by atoms with Gasteiger partial charge in [0.1, 0.15) is 5.82 Å². The monoisotopic (exact) mass is 469 g/mol. The van der Waals surface area contributed by atoms with Gasteiger partial charge in [0, 0.05) is 30.8 Å². The number of fused-ring (bicyclic) bond motifs is 1. The summed E-state index contributed by atoms with van der Waals surface area (Å²) >= 11 is 6.10. The zero-order valence-corrected chi connectivity index (χ0v) is 18.1. The number of rotatable bonds is 4. The fourth-order valence-corrected chi connectivity index (χ4v) is 4.24. The highest BCUT2D eigenvalue weighted by molar-refractivity contribution is 6.28. The van der Waals surface area contributed by atoms with Crippen molar-refractivity contribution in [1.29, 1.82) is 0 Å². The summed E-state index contributed by atoms with van der Waals surface area (Å²) in [5.41, 5.74) is 6.68. The summed E-state index contributed by atoms with van der Waals surface area (Å²) in [6.45, 7) is 3.50. The molecule has 1 aromatic carbocycles. The zero-order valence-electron chi connectivity index (χ0n) is 17.4. The standard InChI is InChI=1S/C21H23ClF3N5O2/c1-11(13-6-14(21(23,24)25)8-15(26)7-13)27-18-16-9-30(19(31)12-3-5-32-10-12)4-2-17(16)28-20(22)29-18/h6-8,11-12H,2-5,9-10,26H2,1H3,(H,27,28,29)/t11-,12?/m1/s1. The summed E-state index contributed by atoms with van der Waals surface area (Å²) in [5, 5.41) is 3.17. The Morgan fingerprint density at radius 1 is 1.34 bits per heavy atom. The van der Waals surface area contributed by atoms with Crippen molar-refractivity contribution >= 4 is 29.0 Å². The van der Waals surface area contributed by atoms with Crippen molar-refractivity contribution in [2.24, 2.45) is 5.92 Å². The number of amides is 1. The van der Waals surface area contributed by atoms with Gasteiger partial charge in [0.15, 0.2) is 0 Å². The summed E-state index contributed by atoms with van der Waals surface area (Å²) in [6.07, 6.45) is -3.30. The van der Waals surface area contributed by atoms with Gasteiger partial charge < -0.3 is 20.7 Å². The highest BCUT2D eigenvalue weighted by Gasteiger charge is 2.33. The lowest BCUT2D eigenvalue weighted by Gasteiger charge is -2.31. The third kappa shape index (κ3) is 4.75. The lowest BCUT2D eigenvalue weighted by atomic mass is 10.0. The number of hydrogen-bond donors (Lipinski definition) is 2. The molecule has 1 aromatic heterocycles. The van der Waals surface area contributed by atoms with Crippen molar-refractivity contribution in [1.82, 2.24) is 14.9 Å². The first-order chi connectivity index (χ1) is 15.1. The molecule has 0 aliphatic carbocycles. The van der Waals surface area contributed by atoms with E-state index in [1.165, 1.54) is 6.07 Å². The topological polar surface area (TPSA) is 93.4 Å². The Balaban J connectivity index is 1.59. The van der Waals surface area contributed by atoms with Crippen LogP contribution in [0.4, 0.5) is 24.7 Å². The largest absolute Gasteiger partial charge is 0.416 e. The third-order valence-corrected chi connectivity index (χ3v) is 5.95. The zero-order chi connectivity index (χ0) is 23.0. The molecule has 7 nitrogen and oxygen atoms in total. The van der Waals surface area contributed by atoms with E-state index in [4.69, 9.17) is 22.1 Å². The molecule has 0 radical (unpaired) electrons. The number of halogens is 4. The van der Waals surface area contributed by atoms with Crippen LogP contribution < -0.4 is 11.1 Å². The van der Waals surface area contributed by atoms with Gasteiger partial charge in [-0.3, -0.25) is 4.79 Å². The fraction of sp³-hybridized carbons (Fsp3) is 0.476. The second kappa shape index (κ2) is 8.74. The van der Waals surface area contributed by atoms with Crippen LogP contribution in [0.15, 0.2) is 18.2 Å². The molecule has 32 heavy (non-hydrogen) atoms. The quantitative estimate of drug-likeness (QED) is 0.522. The normalized spacial score (nSPS) is 19.5. The first-order valence-corrected chi connectivity index (χ1v) is 10.7. The summed E-state index contributed by atoms with van der Waals surface area (Å²) in [5.74, 6) is 0.254. The Morgan fingerprint density at radius 2 is 2.12 bits per heavy atom. The number of carbonyl (C=O) groups excluding carboxylic acids is 1. The molecule has 2 aliphatic rings. The molecule has 1 fully saturated rings. The number of nitrogens with zero attached hydrogens (tertiary/aromatic N) is 3. The van der Waals surface area contributed by atoms with E-state index < -0.39 is 17.8 Å². The molecule has 11 heteroatoms. The van der Waals surface area contributed by atoms with Gasteiger partial charge in [0.25, 0.3) is 0 Å². The Bertz CT molecular complexity index is 1030. The molecule has 2 aliphatic heterocycles. The lowest BCUT2D eigenvalue weighted by Crippen LogP contribution is -2.40. The second-order valence-corrected chi connectivity index (χ2v) is 8.43. The Labute approximate surface area is 188 Å². The number of nitrogens with two attached hydrogens (primary N) is 1. The Kier molecular flexibility index (Phi) is 6.17. The molecule has 4 rings (SSSR count). The van der Waals surface area contributed by atoms with Crippen molar-refractivity contribution in [2.45, 2.75) is 38.5 Å². The van der Waals surface area contributed by atoms with Crippen molar-refractivity contribution in [3.63, 3.8) is 0 Å². The number of hydrogen-bond acceptors (Lipinski definition) is 6. The Morgan fingerprint density at radius 3 is 2.81 bits per heavy atom. The van der Waals surface area contributed by atoms with Crippen molar-refractivity contribution in [2.75, 3.05) is 30.8 Å². The number of benzene rings is 1. The van der Waals surface area contributed by atoms with E-state index in [2.05, 4.69) is 15.3 Å². The molecule has 0 saturated carbocycles. The molecule has 1 amide bonds. The van der Waals surface area contributed by atoms with Crippen LogP contribution in [0.25, 0.3) is 0 Å². The minimum Gasteiger partial charge on any atom is -0.399 e. The van der Waals surface area contributed by atoms with Gasteiger partial charge in [-0.05, 0) is 48.7 Å². The fourth-order valence-electron chi connectivity index (χ4n) is 4.06. The molecule has 3 N–H and O–H groups in total. The predicted molar refractivity (Wildman–Crippen MR) is 113 cm³/mol. The molecule has 2 atom stereocenters. The van der Waals surface area contributed by atoms with E-state index in [-0.39, 0.29) is 22.8 Å². The SMILES string of the molecule is C[C@@H](Nc1nc(Cl)nc2c1CN(C(=O)C1CCOC1)CC2)c1cc(N)cc(C(F)(F)F)c1. The van der Waals surface area contributed by atoms with Crippen LogP contribution in [0.2, 0.25) is 5.28 Å². The molecule has 0 bridgehead atoms. The van der Waals surface area contributed by atoms with E-state index in [9.17, 15) is 18.0 Å². The van der Waals surface area contributed by atoms with Gasteiger partial charge in [-0.25, -0.2) is 9.97 Å². The van der Waals surface area contributed by atoms with Gasteiger partial charge in [-0.1, -0.05) is 0 Å². The molecule has 1 unspecified atom stereocenters. The number of ether oxygens (including phenoxy) is 1. The molecule has 1 saturated heterocycles. The summed E-state index contributed by atoms with van der Waals surface area (Å²) in [4.78, 5) is 23.1. The maximum absolute atomic E-state index is 13.2. The van der Waals surface area contributed by atoms with E-state index >= 15 is 0 Å². The third-order valence-electron chi connectivity index (χ3n) is 5.78. The van der Waals surface area contributed by atoms with Crippen LogP contribution in [-0.4, -0.2) is 40.5 Å². The van der Waals surface area contributed by atoms with Crippen LogP contribution >= 0.6 is 11.6 Å². The first-order valence-electron chi connectivity index (χ1n) is 10.3. The highest BCUT2D eigenvalue weighted by atomic mass is 35.5. The number of nitrogen functional groups attached to an aromatic ring is 1. The van der Waals surface area contributed by atoms with E-state index in [0.717, 1.165) is 17.8 Å². The number of carbonyl (C=O) groups is 1. The minimum atomic E-state index is -4.51. The van der Waals surface area contributed by atoms with E-state index in [1.807, 2.05) is 0 Å². The number of aromatic nitrogens is 2. The number of nitrogens with one attached hydrogen (secondary N) is 1. The number of alkyl halides is 3. The van der Waals surface area contributed by atoms with Gasteiger partial charge in [0.05, 0.1) is 36.4 Å². The van der Waals surface area contributed by atoms with Gasteiger partial charge in [0.2, 0.25) is 11.2 Å². The molecular weight excluding hydrogens is 447 g/mol. The van der Waals surface area contributed by atoms with Crippen LogP contribution in [0, 0.1) is 5.92 Å². The van der Waals surface area contributed by atoms with Gasteiger partial charge >= 0.3 is 6.18 Å². The summed E-state index contributed by atoms with van der Waals surface area (Å²) in [6, 6.07) is 2.89. The van der Waals surface area contributed by atoms with Gasteiger partial charge in [-0.15, -0.1) is 0 Å². The molecule has 2 aromatic rings. The van der Waals surface area contributed by atoms with Crippen molar-refractivity contribution in [3.8, 4) is 0 Å². The van der Waals surface area contributed by atoms with Crippen LogP contribution in [0.5, 0.6) is 0 Å². The molecule has 172 valence electrons. The maximum Gasteiger partial charge on any atom is 0.416 e.